The predicted molar refractivity (Wildman–Crippen MR) is 115 cm³/mol. The normalized spacial score (nSPS) is 11.1. The van der Waals surface area contributed by atoms with Crippen LogP contribution in [0.1, 0.15) is 30.0 Å². The molecule has 3 rings (SSSR count). The zero-order valence-corrected chi connectivity index (χ0v) is 16.4. The minimum absolute atomic E-state index is 0.0778. The lowest BCUT2D eigenvalue weighted by molar-refractivity contribution is -0.118. The fourth-order valence-electron chi connectivity index (χ4n) is 3.26. The zero-order valence-electron chi connectivity index (χ0n) is 15.6. The first kappa shape index (κ1) is 19.2. The van der Waals surface area contributed by atoms with Crippen molar-refractivity contribution >= 4 is 17.7 Å². The molecular weight excluding hydrogens is 350 g/mol. The smallest absolute Gasteiger partial charge is 0.230 e. The summed E-state index contributed by atoms with van der Waals surface area (Å²) in [7, 11) is 0. The average molecular weight is 376 g/mol. The lowest BCUT2D eigenvalue weighted by Crippen LogP contribution is -2.31. The van der Waals surface area contributed by atoms with Crippen LogP contribution in [0.2, 0.25) is 0 Å². The predicted octanol–water partition coefficient (Wildman–Crippen LogP) is 5.24. The molecule has 0 spiro atoms. The molecule has 0 saturated heterocycles. The molecule has 0 fully saturated rings. The highest BCUT2D eigenvalue weighted by molar-refractivity contribution is 8.01. The minimum Gasteiger partial charge on any atom is -0.355 e. The van der Waals surface area contributed by atoms with Crippen molar-refractivity contribution in [1.82, 2.24) is 5.32 Å². The molecule has 0 unspecified atom stereocenters. The molecule has 3 aromatic carbocycles. The summed E-state index contributed by atoms with van der Waals surface area (Å²) in [5.41, 5.74) is 3.53. The van der Waals surface area contributed by atoms with Crippen molar-refractivity contribution in [2.24, 2.45) is 0 Å². The first-order valence-electron chi connectivity index (χ1n) is 9.34. The van der Waals surface area contributed by atoms with Gasteiger partial charge in [0.25, 0.3) is 0 Å². The number of benzene rings is 3. The summed E-state index contributed by atoms with van der Waals surface area (Å²) in [5.74, 6) is 0.479. The van der Waals surface area contributed by atoms with E-state index in [9.17, 15) is 4.79 Å². The SMILES string of the molecule is CCCNC(=O)CSC(c1ccccc1)(c1ccccc1)c1ccccc1. The summed E-state index contributed by atoms with van der Waals surface area (Å²) in [6.07, 6.45) is 0.942. The summed E-state index contributed by atoms with van der Waals surface area (Å²) >= 11 is 1.67. The van der Waals surface area contributed by atoms with E-state index in [1.54, 1.807) is 11.8 Å². The van der Waals surface area contributed by atoms with E-state index < -0.39 is 4.75 Å². The van der Waals surface area contributed by atoms with E-state index in [-0.39, 0.29) is 5.91 Å². The first-order valence-corrected chi connectivity index (χ1v) is 10.3. The number of rotatable bonds is 8. The van der Waals surface area contributed by atoms with Gasteiger partial charge < -0.3 is 5.32 Å². The van der Waals surface area contributed by atoms with Gasteiger partial charge >= 0.3 is 0 Å². The molecule has 3 aromatic rings. The Morgan fingerprint density at radius 1 is 0.778 bits per heavy atom. The molecule has 0 aliphatic heterocycles. The molecule has 0 bridgehead atoms. The van der Waals surface area contributed by atoms with Gasteiger partial charge in [-0.1, -0.05) is 97.9 Å². The van der Waals surface area contributed by atoms with Crippen molar-refractivity contribution in [3.05, 3.63) is 108 Å². The molecule has 0 aliphatic carbocycles. The Balaban J connectivity index is 2.10. The maximum atomic E-state index is 12.4. The Bertz CT molecular complexity index is 737. The van der Waals surface area contributed by atoms with Crippen LogP contribution in [0.5, 0.6) is 0 Å². The Morgan fingerprint density at radius 2 is 1.19 bits per heavy atom. The molecule has 0 aromatic heterocycles. The lowest BCUT2D eigenvalue weighted by atomic mass is 9.84. The summed E-state index contributed by atoms with van der Waals surface area (Å²) in [4.78, 5) is 12.4. The molecule has 0 heterocycles. The Labute approximate surface area is 166 Å². The third-order valence-corrected chi connectivity index (χ3v) is 6.08. The van der Waals surface area contributed by atoms with Crippen LogP contribution in [0.15, 0.2) is 91.0 Å². The first-order chi connectivity index (χ1) is 13.3. The maximum Gasteiger partial charge on any atom is 0.230 e. The number of nitrogens with one attached hydrogen (secondary N) is 1. The zero-order chi connectivity index (χ0) is 19.0. The minimum atomic E-state index is -0.437. The van der Waals surface area contributed by atoms with Crippen molar-refractivity contribution in [2.75, 3.05) is 12.3 Å². The van der Waals surface area contributed by atoms with Crippen LogP contribution in [-0.4, -0.2) is 18.2 Å². The van der Waals surface area contributed by atoms with Crippen LogP contribution in [0.4, 0.5) is 0 Å². The topological polar surface area (TPSA) is 29.1 Å². The third kappa shape index (κ3) is 4.42. The number of hydrogen-bond acceptors (Lipinski definition) is 2. The van der Waals surface area contributed by atoms with E-state index in [0.717, 1.165) is 6.42 Å². The van der Waals surface area contributed by atoms with E-state index in [2.05, 4.69) is 85.0 Å². The van der Waals surface area contributed by atoms with Gasteiger partial charge in [-0.25, -0.2) is 0 Å². The number of amides is 1. The molecule has 0 saturated carbocycles. The van der Waals surface area contributed by atoms with E-state index >= 15 is 0 Å². The largest absolute Gasteiger partial charge is 0.355 e. The van der Waals surface area contributed by atoms with Gasteiger partial charge in [-0.3, -0.25) is 4.79 Å². The van der Waals surface area contributed by atoms with Crippen molar-refractivity contribution in [3.8, 4) is 0 Å². The highest BCUT2D eigenvalue weighted by atomic mass is 32.2. The van der Waals surface area contributed by atoms with Crippen LogP contribution in [0.3, 0.4) is 0 Å². The molecule has 0 aliphatic rings. The van der Waals surface area contributed by atoms with Gasteiger partial charge in [0.1, 0.15) is 0 Å². The van der Waals surface area contributed by atoms with Crippen molar-refractivity contribution in [1.29, 1.82) is 0 Å². The summed E-state index contributed by atoms with van der Waals surface area (Å²) in [5, 5.41) is 3.00. The van der Waals surface area contributed by atoms with Gasteiger partial charge in [0, 0.05) is 6.54 Å². The maximum absolute atomic E-state index is 12.4. The lowest BCUT2D eigenvalue weighted by Gasteiger charge is -2.35. The van der Waals surface area contributed by atoms with Crippen molar-refractivity contribution < 1.29 is 4.79 Å². The van der Waals surface area contributed by atoms with Crippen molar-refractivity contribution in [3.63, 3.8) is 0 Å². The summed E-state index contributed by atoms with van der Waals surface area (Å²) in [6, 6.07) is 31.4. The molecule has 2 nitrogen and oxygen atoms in total. The van der Waals surface area contributed by atoms with E-state index in [1.807, 2.05) is 18.2 Å². The number of carbonyl (C=O) groups is 1. The standard InChI is InChI=1S/C24H25NOS/c1-2-18-25-23(26)19-27-24(20-12-6-3-7-13-20,21-14-8-4-9-15-21)22-16-10-5-11-17-22/h3-17H,2,18-19H2,1H3,(H,25,26). The Kier molecular flexibility index (Phi) is 6.72. The van der Waals surface area contributed by atoms with Crippen LogP contribution in [0, 0.1) is 0 Å². The quantitative estimate of drug-likeness (QED) is 0.546. The molecule has 1 N–H and O–H groups in total. The van der Waals surface area contributed by atoms with Gasteiger partial charge in [-0.15, -0.1) is 11.8 Å². The van der Waals surface area contributed by atoms with E-state index in [0.29, 0.717) is 12.3 Å². The average Bonchev–Trinajstić information content (AvgIpc) is 2.75. The molecule has 3 heteroatoms. The second-order valence-corrected chi connectivity index (χ2v) is 7.61. The number of thioether (sulfide) groups is 1. The van der Waals surface area contributed by atoms with Gasteiger partial charge in [0.15, 0.2) is 0 Å². The molecule has 1 amide bonds. The Morgan fingerprint density at radius 3 is 1.56 bits per heavy atom. The van der Waals surface area contributed by atoms with Gasteiger partial charge in [0.2, 0.25) is 5.91 Å². The molecule has 138 valence electrons. The van der Waals surface area contributed by atoms with Gasteiger partial charge in [-0.2, -0.15) is 0 Å². The third-order valence-electron chi connectivity index (χ3n) is 4.53. The highest BCUT2D eigenvalue weighted by Gasteiger charge is 2.37. The van der Waals surface area contributed by atoms with Gasteiger partial charge in [0.05, 0.1) is 10.5 Å². The number of hydrogen-bond donors (Lipinski definition) is 1. The summed E-state index contributed by atoms with van der Waals surface area (Å²) < 4.78 is -0.437. The monoisotopic (exact) mass is 375 g/mol. The van der Waals surface area contributed by atoms with Crippen LogP contribution in [0.25, 0.3) is 0 Å². The van der Waals surface area contributed by atoms with Gasteiger partial charge in [-0.05, 0) is 23.1 Å². The second-order valence-electron chi connectivity index (χ2n) is 6.42. The fourth-order valence-corrected chi connectivity index (χ4v) is 4.62. The van der Waals surface area contributed by atoms with E-state index in [1.165, 1.54) is 16.7 Å². The Hall–Kier alpha value is -2.52. The molecule has 0 atom stereocenters. The van der Waals surface area contributed by atoms with Crippen LogP contribution < -0.4 is 5.32 Å². The summed E-state index contributed by atoms with van der Waals surface area (Å²) in [6.45, 7) is 2.78. The number of carbonyl (C=O) groups excluding carboxylic acids is 1. The highest BCUT2D eigenvalue weighted by Crippen LogP contribution is 2.48. The van der Waals surface area contributed by atoms with E-state index in [4.69, 9.17) is 0 Å². The molecular formula is C24H25NOS. The van der Waals surface area contributed by atoms with Crippen LogP contribution in [-0.2, 0) is 9.54 Å². The molecule has 27 heavy (non-hydrogen) atoms. The fraction of sp³-hybridized carbons (Fsp3) is 0.208. The molecule has 0 radical (unpaired) electrons. The van der Waals surface area contributed by atoms with Crippen molar-refractivity contribution in [2.45, 2.75) is 18.1 Å². The second kappa shape index (κ2) is 9.43. The van der Waals surface area contributed by atoms with Crippen LogP contribution >= 0.6 is 11.8 Å².